The van der Waals surface area contributed by atoms with Gasteiger partial charge in [-0.15, -0.1) is 0 Å². The lowest BCUT2D eigenvalue weighted by Gasteiger charge is -2.23. The molecule has 14 heteroatoms. The number of hydrogen-bond acceptors (Lipinski definition) is 7. The molecule has 182 valence electrons. The van der Waals surface area contributed by atoms with E-state index in [1.165, 1.54) is 0 Å². The van der Waals surface area contributed by atoms with Gasteiger partial charge in [-0.1, -0.05) is 20.3 Å². The molecule has 0 bridgehead atoms. The van der Waals surface area contributed by atoms with Crippen LogP contribution in [-0.2, 0) is 24.0 Å². The van der Waals surface area contributed by atoms with Crippen LogP contribution in [0.2, 0.25) is 0 Å². The predicted molar refractivity (Wildman–Crippen MR) is 116 cm³/mol. The molecule has 0 rings (SSSR count). The maximum atomic E-state index is 12.5. The molecule has 0 saturated carbocycles. The van der Waals surface area contributed by atoms with Crippen LogP contribution in [-0.4, -0.2) is 71.9 Å². The Kier molecular flexibility index (Phi) is 13.0. The maximum absolute atomic E-state index is 12.5. The molecule has 0 saturated heterocycles. The Hall–Kier alpha value is -3.42. The molecule has 12 N–H and O–H groups in total. The van der Waals surface area contributed by atoms with Crippen molar-refractivity contribution < 1.29 is 29.1 Å². The summed E-state index contributed by atoms with van der Waals surface area (Å²) in [6, 6.07) is -3.39. The van der Waals surface area contributed by atoms with Gasteiger partial charge in [0, 0.05) is 6.54 Å². The van der Waals surface area contributed by atoms with Crippen molar-refractivity contribution in [2.75, 3.05) is 13.1 Å². The van der Waals surface area contributed by atoms with E-state index in [1.807, 2.05) is 6.92 Å². The summed E-state index contributed by atoms with van der Waals surface area (Å²) in [5.74, 6) is -4.67. The minimum Gasteiger partial charge on any atom is -0.480 e. The molecule has 4 amide bonds. The molecule has 0 radical (unpaired) electrons. The summed E-state index contributed by atoms with van der Waals surface area (Å²) in [4.78, 5) is 62.7. The lowest BCUT2D eigenvalue weighted by molar-refractivity contribution is -0.143. The molecule has 0 aliphatic carbocycles. The van der Waals surface area contributed by atoms with Gasteiger partial charge < -0.3 is 44.0 Å². The van der Waals surface area contributed by atoms with Crippen LogP contribution in [0.5, 0.6) is 0 Å². The summed E-state index contributed by atoms with van der Waals surface area (Å²) in [7, 11) is 0. The van der Waals surface area contributed by atoms with E-state index in [1.54, 1.807) is 6.92 Å². The topological polar surface area (TPSA) is 258 Å². The molecule has 0 aromatic heterocycles. The van der Waals surface area contributed by atoms with E-state index < -0.39 is 60.7 Å². The number of aliphatic imine (C=N–C) groups is 1. The van der Waals surface area contributed by atoms with Gasteiger partial charge >= 0.3 is 5.97 Å². The molecule has 0 aliphatic heterocycles. The quantitative estimate of drug-likeness (QED) is 0.0685. The van der Waals surface area contributed by atoms with Crippen molar-refractivity contribution in [2.24, 2.45) is 33.8 Å². The number of amides is 4. The van der Waals surface area contributed by atoms with E-state index >= 15 is 0 Å². The van der Waals surface area contributed by atoms with E-state index in [2.05, 4.69) is 20.9 Å². The average Bonchev–Trinajstić information content (AvgIpc) is 2.71. The van der Waals surface area contributed by atoms with E-state index in [-0.39, 0.29) is 24.8 Å². The zero-order chi connectivity index (χ0) is 24.8. The summed E-state index contributed by atoms with van der Waals surface area (Å²) in [5.41, 5.74) is 21.4. The number of aliphatic carboxylic acids is 1. The molecule has 0 spiro atoms. The highest BCUT2D eigenvalue weighted by molar-refractivity contribution is 5.93. The Bertz CT molecular complexity index is 710. The monoisotopic (exact) mass is 458 g/mol. The van der Waals surface area contributed by atoms with E-state index in [4.69, 9.17) is 28.0 Å². The van der Waals surface area contributed by atoms with Gasteiger partial charge in [-0.05, 0) is 18.8 Å². The number of carboxylic acid groups (broad SMARTS) is 1. The van der Waals surface area contributed by atoms with Crippen LogP contribution in [0.3, 0.4) is 0 Å². The van der Waals surface area contributed by atoms with Gasteiger partial charge in [0.05, 0.1) is 19.0 Å². The third kappa shape index (κ3) is 11.7. The third-order valence-corrected chi connectivity index (χ3v) is 4.60. The first-order valence-corrected chi connectivity index (χ1v) is 10.1. The predicted octanol–water partition coefficient (Wildman–Crippen LogP) is -3.54. The molecule has 0 aliphatic rings. The fraction of sp³-hybridized carbons (Fsp3) is 0.667. The maximum Gasteiger partial charge on any atom is 0.326 e. The summed E-state index contributed by atoms with van der Waals surface area (Å²) < 4.78 is 0. The molecule has 0 heterocycles. The fourth-order valence-corrected chi connectivity index (χ4v) is 2.49. The molecule has 4 atom stereocenters. The fourth-order valence-electron chi connectivity index (χ4n) is 2.49. The molecule has 4 unspecified atom stereocenters. The Morgan fingerprint density at radius 1 is 1.00 bits per heavy atom. The molecule has 14 nitrogen and oxygen atoms in total. The van der Waals surface area contributed by atoms with Crippen LogP contribution in [0.4, 0.5) is 0 Å². The van der Waals surface area contributed by atoms with E-state index in [0.29, 0.717) is 12.8 Å². The largest absolute Gasteiger partial charge is 0.480 e. The SMILES string of the molecule is CCC(C)C(N)C(=O)NC(CCCN=C(N)N)C(=O)NCC(=O)NC(CC(N)=O)C(=O)O. The lowest BCUT2D eigenvalue weighted by atomic mass is 9.98. The number of carbonyl (C=O) groups is 5. The molecular weight excluding hydrogens is 424 g/mol. The normalized spacial score (nSPS) is 14.2. The first-order chi connectivity index (χ1) is 14.9. The third-order valence-electron chi connectivity index (χ3n) is 4.60. The van der Waals surface area contributed by atoms with Crippen molar-refractivity contribution in [1.29, 1.82) is 0 Å². The van der Waals surface area contributed by atoms with Gasteiger partial charge in [0.2, 0.25) is 23.6 Å². The summed E-state index contributed by atoms with van der Waals surface area (Å²) in [6.45, 7) is 3.30. The van der Waals surface area contributed by atoms with Gasteiger partial charge in [0.1, 0.15) is 12.1 Å². The Balaban J connectivity index is 5.03. The van der Waals surface area contributed by atoms with Crippen molar-refractivity contribution >= 4 is 35.6 Å². The van der Waals surface area contributed by atoms with Crippen LogP contribution in [0.15, 0.2) is 4.99 Å². The number of nitrogens with two attached hydrogens (primary N) is 4. The van der Waals surface area contributed by atoms with Gasteiger partial charge in [-0.25, -0.2) is 4.79 Å². The van der Waals surface area contributed by atoms with Gasteiger partial charge in [-0.2, -0.15) is 0 Å². The zero-order valence-corrected chi connectivity index (χ0v) is 18.3. The highest BCUT2D eigenvalue weighted by atomic mass is 16.4. The van der Waals surface area contributed by atoms with Crippen LogP contribution in [0.1, 0.15) is 39.5 Å². The standard InChI is InChI=1S/C18H34N8O6/c1-3-9(2)14(20)16(30)26-10(5-4-6-23-18(21)22)15(29)24-8-13(28)25-11(17(31)32)7-12(19)27/h9-11,14H,3-8,20H2,1-2H3,(H2,19,27)(H,24,29)(H,25,28)(H,26,30)(H,31,32)(H4,21,22,23). The molecule has 0 aromatic carbocycles. The van der Waals surface area contributed by atoms with Crippen molar-refractivity contribution in [3.05, 3.63) is 0 Å². The van der Waals surface area contributed by atoms with Crippen LogP contribution in [0.25, 0.3) is 0 Å². The number of hydrogen-bond donors (Lipinski definition) is 8. The Morgan fingerprint density at radius 3 is 2.12 bits per heavy atom. The second kappa shape index (κ2) is 14.6. The highest BCUT2D eigenvalue weighted by Crippen LogP contribution is 2.07. The first kappa shape index (κ1) is 28.6. The van der Waals surface area contributed by atoms with Gasteiger partial charge in [0.15, 0.2) is 5.96 Å². The van der Waals surface area contributed by atoms with E-state index in [9.17, 15) is 24.0 Å². The van der Waals surface area contributed by atoms with E-state index in [0.717, 1.165) is 0 Å². The molecule has 0 aromatic rings. The summed E-state index contributed by atoms with van der Waals surface area (Å²) in [6.07, 6.45) is 0.557. The van der Waals surface area contributed by atoms with Crippen molar-refractivity contribution in [3.8, 4) is 0 Å². The smallest absolute Gasteiger partial charge is 0.326 e. The summed E-state index contributed by atoms with van der Waals surface area (Å²) >= 11 is 0. The number of primary amides is 1. The first-order valence-electron chi connectivity index (χ1n) is 10.1. The second-order valence-electron chi connectivity index (χ2n) is 7.27. The minimum atomic E-state index is -1.53. The number of nitrogens with one attached hydrogen (secondary N) is 3. The van der Waals surface area contributed by atoms with Crippen molar-refractivity contribution in [2.45, 2.75) is 57.7 Å². The molecular formula is C18H34N8O6. The van der Waals surface area contributed by atoms with Crippen molar-refractivity contribution in [3.63, 3.8) is 0 Å². The van der Waals surface area contributed by atoms with Crippen LogP contribution in [0, 0.1) is 5.92 Å². The van der Waals surface area contributed by atoms with Crippen LogP contribution >= 0.6 is 0 Å². The zero-order valence-electron chi connectivity index (χ0n) is 18.3. The van der Waals surface area contributed by atoms with Crippen LogP contribution < -0.4 is 38.9 Å². The molecule has 0 fully saturated rings. The number of nitrogens with zero attached hydrogens (tertiary/aromatic N) is 1. The number of rotatable bonds is 15. The van der Waals surface area contributed by atoms with Gasteiger partial charge in [0.25, 0.3) is 0 Å². The number of guanidine groups is 1. The second-order valence-corrected chi connectivity index (χ2v) is 7.27. The van der Waals surface area contributed by atoms with Gasteiger partial charge in [-0.3, -0.25) is 24.2 Å². The number of carboxylic acids is 1. The lowest BCUT2D eigenvalue weighted by Crippen LogP contribution is -2.54. The molecule has 32 heavy (non-hydrogen) atoms. The average molecular weight is 459 g/mol. The Labute approximate surface area is 185 Å². The minimum absolute atomic E-state index is 0.116. The van der Waals surface area contributed by atoms with Crippen molar-refractivity contribution in [1.82, 2.24) is 16.0 Å². The number of carbonyl (C=O) groups excluding carboxylic acids is 4. The summed E-state index contributed by atoms with van der Waals surface area (Å²) in [5, 5.41) is 16.0. The highest BCUT2D eigenvalue weighted by Gasteiger charge is 2.27. The Morgan fingerprint density at radius 2 is 1.62 bits per heavy atom.